The van der Waals surface area contributed by atoms with Crippen LogP contribution in [0.3, 0.4) is 0 Å². The molecule has 1 fully saturated rings. The molecule has 0 radical (unpaired) electrons. The van der Waals surface area contributed by atoms with Gasteiger partial charge in [0.2, 0.25) is 17.7 Å². The molecule has 1 heterocycles. The largest absolute Gasteiger partial charge is 0.497 e. The molecule has 0 aliphatic carbocycles. The molecule has 0 saturated carbocycles. The number of benzene rings is 2. The predicted octanol–water partition coefficient (Wildman–Crippen LogP) is 2.63. The molecule has 2 N–H and O–H groups in total. The maximum absolute atomic E-state index is 12.5. The minimum Gasteiger partial charge on any atom is -0.497 e. The highest BCUT2D eigenvalue weighted by Gasteiger charge is 2.27. The molecule has 3 rings (SSSR count). The molecule has 8 nitrogen and oxygen atoms in total. The van der Waals surface area contributed by atoms with E-state index in [0.717, 1.165) is 22.7 Å². The number of hydrogen-bond acceptors (Lipinski definition) is 5. The van der Waals surface area contributed by atoms with Gasteiger partial charge < -0.3 is 25.0 Å². The van der Waals surface area contributed by atoms with Gasteiger partial charge >= 0.3 is 0 Å². The van der Waals surface area contributed by atoms with Gasteiger partial charge in [0.15, 0.2) is 0 Å². The summed E-state index contributed by atoms with van der Waals surface area (Å²) in [6.45, 7) is 1.38. The van der Waals surface area contributed by atoms with Crippen LogP contribution in [0.4, 0.5) is 5.69 Å². The number of hydrogen-bond donors (Lipinski definition) is 2. The van der Waals surface area contributed by atoms with E-state index in [1.165, 1.54) is 0 Å². The summed E-state index contributed by atoms with van der Waals surface area (Å²) in [5, 5.41) is 5.73. The van der Waals surface area contributed by atoms with Crippen LogP contribution in [0.1, 0.15) is 24.8 Å². The number of likely N-dealkylation sites (tertiary alicyclic amines) is 1. The van der Waals surface area contributed by atoms with Gasteiger partial charge in [-0.05, 0) is 54.8 Å². The van der Waals surface area contributed by atoms with Gasteiger partial charge in [0.1, 0.15) is 11.5 Å². The number of nitrogens with zero attached hydrogens (tertiary/aromatic N) is 1. The second-order valence-electron chi connectivity index (χ2n) is 8.00. The summed E-state index contributed by atoms with van der Waals surface area (Å²) in [4.78, 5) is 38.9. The molecule has 33 heavy (non-hydrogen) atoms. The number of anilines is 1. The topological polar surface area (TPSA) is 97.0 Å². The van der Waals surface area contributed by atoms with E-state index >= 15 is 0 Å². The van der Waals surface area contributed by atoms with Crippen LogP contribution in [-0.2, 0) is 20.8 Å². The fourth-order valence-electron chi connectivity index (χ4n) is 3.77. The first kappa shape index (κ1) is 24.1. The second-order valence-corrected chi connectivity index (χ2v) is 8.00. The Labute approximate surface area is 194 Å². The van der Waals surface area contributed by atoms with Gasteiger partial charge in [0.25, 0.3) is 0 Å². The van der Waals surface area contributed by atoms with Crippen molar-refractivity contribution in [2.75, 3.05) is 39.2 Å². The third-order valence-electron chi connectivity index (χ3n) is 5.76. The standard InChI is InChI=1S/C25H31N3O5/c1-32-21-7-3-18(4-8-21)17-23(29)26-14-11-24(30)28-15-12-19(13-16-28)25(31)27-20-5-9-22(33-2)10-6-20/h3-10,19H,11-17H2,1-2H3,(H,26,29)(H,27,31). The van der Waals surface area contributed by atoms with Crippen molar-refractivity contribution < 1.29 is 23.9 Å². The third kappa shape index (κ3) is 7.24. The first-order chi connectivity index (χ1) is 16.0. The zero-order valence-electron chi connectivity index (χ0n) is 19.1. The highest BCUT2D eigenvalue weighted by atomic mass is 16.5. The zero-order valence-corrected chi connectivity index (χ0v) is 19.1. The molecule has 2 aromatic carbocycles. The van der Waals surface area contributed by atoms with E-state index in [1.54, 1.807) is 43.4 Å². The van der Waals surface area contributed by atoms with Crippen LogP contribution in [0.25, 0.3) is 0 Å². The van der Waals surface area contributed by atoms with Crippen LogP contribution in [0.5, 0.6) is 11.5 Å². The molecule has 1 saturated heterocycles. The lowest BCUT2D eigenvalue weighted by Gasteiger charge is -2.31. The third-order valence-corrected chi connectivity index (χ3v) is 5.76. The summed E-state index contributed by atoms with van der Waals surface area (Å²) in [7, 11) is 3.19. The van der Waals surface area contributed by atoms with Crippen molar-refractivity contribution in [3.63, 3.8) is 0 Å². The Morgan fingerprint density at radius 3 is 2.06 bits per heavy atom. The van der Waals surface area contributed by atoms with E-state index in [2.05, 4.69) is 10.6 Å². The number of nitrogens with one attached hydrogen (secondary N) is 2. The maximum atomic E-state index is 12.5. The maximum Gasteiger partial charge on any atom is 0.227 e. The highest BCUT2D eigenvalue weighted by molar-refractivity contribution is 5.92. The molecular weight excluding hydrogens is 422 g/mol. The quantitative estimate of drug-likeness (QED) is 0.608. The second kappa shape index (κ2) is 11.9. The number of carbonyl (C=O) groups excluding carboxylic acids is 3. The Kier molecular flexibility index (Phi) is 8.69. The molecule has 0 atom stereocenters. The van der Waals surface area contributed by atoms with Crippen molar-refractivity contribution in [3.05, 3.63) is 54.1 Å². The lowest BCUT2D eigenvalue weighted by Crippen LogP contribution is -2.42. The molecule has 8 heteroatoms. The van der Waals surface area contributed by atoms with Gasteiger partial charge in [0, 0.05) is 37.7 Å². The Hall–Kier alpha value is -3.55. The molecule has 0 spiro atoms. The molecule has 3 amide bonds. The fraction of sp³-hybridized carbons (Fsp3) is 0.400. The molecular formula is C25H31N3O5. The minimum absolute atomic E-state index is 0.00578. The normalized spacial score (nSPS) is 13.8. The zero-order chi connectivity index (χ0) is 23.6. The van der Waals surface area contributed by atoms with Crippen LogP contribution >= 0.6 is 0 Å². The molecule has 1 aliphatic rings. The summed E-state index contributed by atoms with van der Waals surface area (Å²) in [6.07, 6.45) is 1.75. The predicted molar refractivity (Wildman–Crippen MR) is 125 cm³/mol. The fourth-order valence-corrected chi connectivity index (χ4v) is 3.77. The van der Waals surface area contributed by atoms with Crippen molar-refractivity contribution in [2.45, 2.75) is 25.7 Å². The monoisotopic (exact) mass is 453 g/mol. The summed E-state index contributed by atoms with van der Waals surface area (Å²) in [5.41, 5.74) is 1.61. The highest BCUT2D eigenvalue weighted by Crippen LogP contribution is 2.21. The number of ether oxygens (including phenoxy) is 2. The lowest BCUT2D eigenvalue weighted by molar-refractivity contribution is -0.134. The first-order valence-electron chi connectivity index (χ1n) is 11.1. The van der Waals surface area contributed by atoms with Crippen LogP contribution in [0.2, 0.25) is 0 Å². The van der Waals surface area contributed by atoms with E-state index in [4.69, 9.17) is 9.47 Å². The van der Waals surface area contributed by atoms with Gasteiger partial charge in [-0.15, -0.1) is 0 Å². The van der Waals surface area contributed by atoms with E-state index in [9.17, 15) is 14.4 Å². The van der Waals surface area contributed by atoms with Crippen LogP contribution in [-0.4, -0.2) is 56.5 Å². The number of piperidine rings is 1. The number of rotatable bonds is 9. The van der Waals surface area contributed by atoms with E-state index in [-0.39, 0.29) is 36.5 Å². The van der Waals surface area contributed by atoms with Crippen LogP contribution < -0.4 is 20.1 Å². The molecule has 0 unspecified atom stereocenters. The lowest BCUT2D eigenvalue weighted by atomic mass is 9.95. The van der Waals surface area contributed by atoms with Gasteiger partial charge in [0.05, 0.1) is 20.6 Å². The molecule has 1 aliphatic heterocycles. The Morgan fingerprint density at radius 1 is 0.909 bits per heavy atom. The Morgan fingerprint density at radius 2 is 1.48 bits per heavy atom. The summed E-state index contributed by atoms with van der Waals surface area (Å²) in [5.74, 6) is 1.19. The van der Waals surface area contributed by atoms with E-state index < -0.39 is 0 Å². The number of amides is 3. The van der Waals surface area contributed by atoms with E-state index in [1.807, 2.05) is 24.3 Å². The molecule has 0 bridgehead atoms. The summed E-state index contributed by atoms with van der Waals surface area (Å²) < 4.78 is 10.2. The summed E-state index contributed by atoms with van der Waals surface area (Å²) in [6, 6.07) is 14.5. The van der Waals surface area contributed by atoms with Gasteiger partial charge in [-0.25, -0.2) is 0 Å². The van der Waals surface area contributed by atoms with Crippen molar-refractivity contribution in [1.82, 2.24) is 10.2 Å². The van der Waals surface area contributed by atoms with E-state index in [0.29, 0.717) is 32.5 Å². The number of carbonyl (C=O) groups is 3. The first-order valence-corrected chi connectivity index (χ1v) is 11.1. The van der Waals surface area contributed by atoms with Gasteiger partial charge in [-0.2, -0.15) is 0 Å². The van der Waals surface area contributed by atoms with Crippen molar-refractivity contribution >= 4 is 23.4 Å². The van der Waals surface area contributed by atoms with Crippen molar-refractivity contribution in [3.8, 4) is 11.5 Å². The minimum atomic E-state index is -0.125. The molecule has 0 aromatic heterocycles. The van der Waals surface area contributed by atoms with Crippen molar-refractivity contribution in [1.29, 1.82) is 0 Å². The van der Waals surface area contributed by atoms with Gasteiger partial charge in [-0.3, -0.25) is 14.4 Å². The number of methoxy groups -OCH3 is 2. The molecule has 176 valence electrons. The van der Waals surface area contributed by atoms with Crippen molar-refractivity contribution in [2.24, 2.45) is 5.92 Å². The van der Waals surface area contributed by atoms with Crippen LogP contribution in [0, 0.1) is 5.92 Å². The Balaban J connectivity index is 1.34. The summed E-state index contributed by atoms with van der Waals surface area (Å²) >= 11 is 0. The molecule has 2 aromatic rings. The van der Waals surface area contributed by atoms with Gasteiger partial charge in [-0.1, -0.05) is 12.1 Å². The average Bonchev–Trinajstić information content (AvgIpc) is 2.85. The van der Waals surface area contributed by atoms with Crippen LogP contribution in [0.15, 0.2) is 48.5 Å². The average molecular weight is 454 g/mol. The SMILES string of the molecule is COc1ccc(CC(=O)NCCC(=O)N2CCC(C(=O)Nc3ccc(OC)cc3)CC2)cc1. The smallest absolute Gasteiger partial charge is 0.227 e. The Bertz CT molecular complexity index is 936.